The number of hydrogen-bond acceptors (Lipinski definition) is 4. The van der Waals surface area contributed by atoms with Gasteiger partial charge in [-0.15, -0.1) is 0 Å². The van der Waals surface area contributed by atoms with Crippen molar-refractivity contribution in [3.8, 4) is 0 Å². The summed E-state index contributed by atoms with van der Waals surface area (Å²) in [5.74, 6) is 0.500. The zero-order valence-electron chi connectivity index (χ0n) is 8.02. The monoisotopic (exact) mass is 271 g/mol. The molecule has 0 bridgehead atoms. The van der Waals surface area contributed by atoms with E-state index < -0.39 is 0 Å². The Kier molecular flexibility index (Phi) is 3.88. The molecule has 1 aromatic heterocycles. The van der Waals surface area contributed by atoms with E-state index in [9.17, 15) is 0 Å². The second kappa shape index (κ2) is 5.39. The van der Waals surface area contributed by atoms with E-state index in [-0.39, 0.29) is 10.3 Å². The average Bonchev–Trinajstić information content (AvgIpc) is 2.29. The Morgan fingerprint density at radius 2 is 1.88 bits per heavy atom. The first-order chi connectivity index (χ1) is 7.75. The van der Waals surface area contributed by atoms with Crippen LogP contribution in [-0.2, 0) is 0 Å². The molecule has 0 saturated carbocycles. The quantitative estimate of drug-likeness (QED) is 0.860. The van der Waals surface area contributed by atoms with E-state index >= 15 is 0 Å². The Morgan fingerprint density at radius 1 is 1.12 bits per heavy atom. The van der Waals surface area contributed by atoms with E-state index in [0.717, 1.165) is 4.90 Å². The minimum atomic E-state index is 0.260. The van der Waals surface area contributed by atoms with Gasteiger partial charge in [0.1, 0.15) is 5.15 Å². The molecular weight excluding hydrogens is 265 g/mol. The second-order valence-corrected chi connectivity index (χ2v) is 4.47. The number of aromatic nitrogens is 2. The van der Waals surface area contributed by atoms with Crippen LogP contribution < -0.4 is 4.72 Å². The van der Waals surface area contributed by atoms with Crippen LogP contribution in [0.5, 0.6) is 0 Å². The van der Waals surface area contributed by atoms with Gasteiger partial charge in [-0.3, -0.25) is 0 Å². The van der Waals surface area contributed by atoms with Gasteiger partial charge in [0.15, 0.2) is 11.0 Å². The van der Waals surface area contributed by atoms with Crippen molar-refractivity contribution < 1.29 is 0 Å². The molecule has 0 spiro atoms. The fourth-order valence-electron chi connectivity index (χ4n) is 1.01. The van der Waals surface area contributed by atoms with Gasteiger partial charge in [-0.1, -0.05) is 41.4 Å². The summed E-state index contributed by atoms with van der Waals surface area (Å²) in [6, 6.07) is 9.83. The van der Waals surface area contributed by atoms with E-state index in [0.29, 0.717) is 5.82 Å². The molecule has 6 heteroatoms. The van der Waals surface area contributed by atoms with Crippen LogP contribution >= 0.6 is 35.1 Å². The van der Waals surface area contributed by atoms with Crippen molar-refractivity contribution in [3.05, 3.63) is 46.8 Å². The maximum Gasteiger partial charge on any atom is 0.174 e. The SMILES string of the molecule is Clc1cnc(NSc2ccccc2)c(Cl)n1. The minimum absolute atomic E-state index is 0.260. The Morgan fingerprint density at radius 3 is 2.56 bits per heavy atom. The Labute approximate surface area is 107 Å². The van der Waals surface area contributed by atoms with Crippen molar-refractivity contribution in [2.75, 3.05) is 4.72 Å². The molecule has 2 rings (SSSR count). The molecule has 0 saturated heterocycles. The largest absolute Gasteiger partial charge is 0.308 e. The summed E-state index contributed by atoms with van der Waals surface area (Å²) in [7, 11) is 0. The summed E-state index contributed by atoms with van der Waals surface area (Å²) in [6.07, 6.45) is 1.45. The van der Waals surface area contributed by atoms with Crippen LogP contribution in [0, 0.1) is 0 Å². The predicted molar refractivity (Wildman–Crippen MR) is 68.0 cm³/mol. The molecule has 0 aliphatic heterocycles. The number of halogens is 2. The van der Waals surface area contributed by atoms with Crippen LogP contribution in [0.3, 0.4) is 0 Å². The van der Waals surface area contributed by atoms with Crippen LogP contribution in [-0.4, -0.2) is 9.97 Å². The molecule has 0 unspecified atom stereocenters. The topological polar surface area (TPSA) is 37.8 Å². The third kappa shape index (κ3) is 3.01. The first-order valence-electron chi connectivity index (χ1n) is 4.41. The summed E-state index contributed by atoms with van der Waals surface area (Å²) in [6.45, 7) is 0. The third-order valence-electron chi connectivity index (χ3n) is 1.71. The molecule has 0 aliphatic rings. The third-order valence-corrected chi connectivity index (χ3v) is 2.96. The van der Waals surface area contributed by atoms with Gasteiger partial charge >= 0.3 is 0 Å². The highest BCUT2D eigenvalue weighted by Crippen LogP contribution is 2.24. The standard InChI is InChI=1S/C10H7Cl2N3S/c11-8-6-13-10(9(12)14-8)15-16-7-4-2-1-3-5-7/h1-6H,(H,13,15). The lowest BCUT2D eigenvalue weighted by Crippen LogP contribution is -1.93. The summed E-state index contributed by atoms with van der Waals surface area (Å²) < 4.78 is 3.01. The van der Waals surface area contributed by atoms with Crippen molar-refractivity contribution in [1.82, 2.24) is 9.97 Å². The van der Waals surface area contributed by atoms with Gasteiger partial charge in [0.25, 0.3) is 0 Å². The van der Waals surface area contributed by atoms with Crippen molar-refractivity contribution >= 4 is 41.0 Å². The number of rotatable bonds is 3. The molecule has 0 aliphatic carbocycles. The van der Waals surface area contributed by atoms with Crippen molar-refractivity contribution in [3.63, 3.8) is 0 Å². The van der Waals surface area contributed by atoms with Gasteiger partial charge < -0.3 is 4.72 Å². The molecule has 16 heavy (non-hydrogen) atoms. The van der Waals surface area contributed by atoms with Gasteiger partial charge in [0, 0.05) is 4.90 Å². The summed E-state index contributed by atoms with van der Waals surface area (Å²) >= 11 is 12.9. The number of hydrogen-bond donors (Lipinski definition) is 1. The van der Waals surface area contributed by atoms with Crippen molar-refractivity contribution in [1.29, 1.82) is 0 Å². The van der Waals surface area contributed by atoms with Gasteiger partial charge in [0.2, 0.25) is 0 Å². The molecule has 82 valence electrons. The molecule has 1 N–H and O–H groups in total. The Hall–Kier alpha value is -0.970. The normalized spacial score (nSPS) is 10.1. The maximum atomic E-state index is 5.86. The summed E-state index contributed by atoms with van der Waals surface area (Å²) in [5.41, 5.74) is 0. The summed E-state index contributed by atoms with van der Waals surface area (Å²) in [4.78, 5) is 8.98. The highest BCUT2D eigenvalue weighted by molar-refractivity contribution is 8.00. The van der Waals surface area contributed by atoms with Crippen molar-refractivity contribution in [2.45, 2.75) is 4.90 Å². The van der Waals surface area contributed by atoms with Crippen LogP contribution in [0.1, 0.15) is 0 Å². The van der Waals surface area contributed by atoms with E-state index in [1.807, 2.05) is 30.3 Å². The molecule has 0 fully saturated rings. The lowest BCUT2D eigenvalue weighted by Gasteiger charge is -2.05. The minimum Gasteiger partial charge on any atom is -0.308 e. The lowest BCUT2D eigenvalue weighted by molar-refractivity contribution is 1.21. The molecule has 0 radical (unpaired) electrons. The average molecular weight is 272 g/mol. The van der Waals surface area contributed by atoms with Crippen LogP contribution in [0.4, 0.5) is 5.82 Å². The van der Waals surface area contributed by atoms with E-state index in [4.69, 9.17) is 23.2 Å². The first-order valence-corrected chi connectivity index (χ1v) is 5.99. The predicted octanol–water partition coefficient (Wildman–Crippen LogP) is 3.90. The van der Waals surface area contributed by atoms with E-state index in [2.05, 4.69) is 14.7 Å². The van der Waals surface area contributed by atoms with Gasteiger partial charge in [-0.25, -0.2) is 9.97 Å². The molecule has 3 nitrogen and oxygen atoms in total. The Balaban J connectivity index is 2.05. The van der Waals surface area contributed by atoms with Crippen LogP contribution in [0.2, 0.25) is 10.3 Å². The van der Waals surface area contributed by atoms with Gasteiger partial charge in [0.05, 0.1) is 6.20 Å². The van der Waals surface area contributed by atoms with Crippen LogP contribution in [0.25, 0.3) is 0 Å². The molecule has 2 aromatic rings. The zero-order valence-corrected chi connectivity index (χ0v) is 10.4. The summed E-state index contributed by atoms with van der Waals surface area (Å²) in [5, 5.41) is 0.538. The number of nitrogens with zero attached hydrogens (tertiary/aromatic N) is 2. The molecule has 1 aromatic carbocycles. The highest BCUT2D eigenvalue weighted by atomic mass is 35.5. The number of benzene rings is 1. The first kappa shape index (κ1) is 11.5. The molecule has 0 atom stereocenters. The number of anilines is 1. The lowest BCUT2D eigenvalue weighted by atomic mass is 10.4. The van der Waals surface area contributed by atoms with Gasteiger partial charge in [-0.2, -0.15) is 0 Å². The molecule has 1 heterocycles. The fraction of sp³-hybridized carbons (Fsp3) is 0. The Bertz CT molecular complexity index is 479. The molecular formula is C10H7Cl2N3S. The van der Waals surface area contributed by atoms with Crippen molar-refractivity contribution in [2.24, 2.45) is 0 Å². The highest BCUT2D eigenvalue weighted by Gasteiger charge is 2.04. The van der Waals surface area contributed by atoms with E-state index in [1.165, 1.54) is 18.1 Å². The van der Waals surface area contributed by atoms with Gasteiger partial charge in [-0.05, 0) is 24.1 Å². The smallest absolute Gasteiger partial charge is 0.174 e. The second-order valence-electron chi connectivity index (χ2n) is 2.85. The zero-order chi connectivity index (χ0) is 11.4. The number of nitrogens with one attached hydrogen (secondary N) is 1. The maximum absolute atomic E-state index is 5.86. The fourth-order valence-corrected chi connectivity index (χ4v) is 2.09. The molecule has 0 amide bonds. The van der Waals surface area contributed by atoms with Crippen LogP contribution in [0.15, 0.2) is 41.4 Å². The van der Waals surface area contributed by atoms with E-state index in [1.54, 1.807) is 0 Å².